The lowest BCUT2D eigenvalue weighted by Gasteiger charge is -1.91. The van der Waals surface area contributed by atoms with E-state index >= 15 is 0 Å². The molecule has 3 nitrogen and oxygen atoms in total. The van der Waals surface area contributed by atoms with Crippen LogP contribution in [0, 0.1) is 0 Å². The van der Waals surface area contributed by atoms with Crippen LogP contribution in [0.25, 0.3) is 0 Å². The normalized spacial score (nSPS) is 18.5. The molecule has 1 heterocycles. The first-order valence-electron chi connectivity index (χ1n) is 3.97. The summed E-state index contributed by atoms with van der Waals surface area (Å²) in [5.74, 6) is -0.136. The molecule has 1 aliphatic heterocycles. The molecule has 0 fully saturated rings. The van der Waals surface area contributed by atoms with Gasteiger partial charge in [-0.15, -0.1) is 4.58 Å². The van der Waals surface area contributed by atoms with Crippen LogP contribution in [0.3, 0.4) is 0 Å². The lowest BCUT2D eigenvalue weighted by Crippen LogP contribution is -2.20. The summed E-state index contributed by atoms with van der Waals surface area (Å²) in [6.07, 6.45) is 7.97. The molecule has 1 amide bonds. The molecule has 0 saturated heterocycles. The number of fused-ring (bicyclic) bond motifs is 1. The smallest absolute Gasteiger partial charge is 0.291 e. The van der Waals surface area contributed by atoms with Gasteiger partial charge in [0, 0.05) is 12.2 Å². The Bertz CT molecular complexity index is 422. The Labute approximate surface area is 75.4 Å². The van der Waals surface area contributed by atoms with Gasteiger partial charge in [0.1, 0.15) is 0 Å². The van der Waals surface area contributed by atoms with Crippen molar-refractivity contribution in [3.05, 3.63) is 35.6 Å². The van der Waals surface area contributed by atoms with Crippen LogP contribution in [0.4, 0.5) is 0 Å². The van der Waals surface area contributed by atoms with Gasteiger partial charge in [-0.05, 0) is 6.08 Å². The number of rotatable bonds is 1. The molecule has 0 spiro atoms. The van der Waals surface area contributed by atoms with E-state index in [0.29, 0.717) is 12.0 Å². The molecule has 0 aromatic carbocycles. The lowest BCUT2D eigenvalue weighted by molar-refractivity contribution is -0.388. The van der Waals surface area contributed by atoms with Crippen LogP contribution >= 0.6 is 0 Å². The first kappa shape index (κ1) is 7.86. The van der Waals surface area contributed by atoms with Gasteiger partial charge < -0.3 is 0 Å². The monoisotopic (exact) mass is 174 g/mol. The SMILES string of the molecule is CC(=O)[N+]1=C2C=CC=C2C=C1C=O. The number of hydrogen-bond acceptors (Lipinski definition) is 2. The zero-order chi connectivity index (χ0) is 9.42. The van der Waals surface area contributed by atoms with Gasteiger partial charge in [-0.25, -0.2) is 4.79 Å². The number of allylic oxidation sites excluding steroid dienone is 6. The van der Waals surface area contributed by atoms with E-state index in [1.54, 1.807) is 6.08 Å². The second-order valence-electron chi connectivity index (χ2n) is 2.91. The predicted octanol–water partition coefficient (Wildman–Crippen LogP) is 0.579. The molecule has 64 valence electrons. The van der Waals surface area contributed by atoms with Crippen molar-refractivity contribution < 1.29 is 14.2 Å². The van der Waals surface area contributed by atoms with Gasteiger partial charge in [0.05, 0.1) is 12.5 Å². The molecule has 2 rings (SSSR count). The van der Waals surface area contributed by atoms with Crippen molar-refractivity contribution in [2.45, 2.75) is 6.92 Å². The van der Waals surface area contributed by atoms with Crippen LogP contribution in [0.5, 0.6) is 0 Å². The minimum atomic E-state index is -0.136. The van der Waals surface area contributed by atoms with Crippen molar-refractivity contribution in [3.63, 3.8) is 0 Å². The minimum Gasteiger partial charge on any atom is -0.291 e. The summed E-state index contributed by atoms with van der Waals surface area (Å²) < 4.78 is 1.42. The first-order chi connectivity index (χ1) is 6.24. The Morgan fingerprint density at radius 1 is 1.54 bits per heavy atom. The second kappa shape index (κ2) is 2.62. The molecule has 0 bridgehead atoms. The van der Waals surface area contributed by atoms with Crippen LogP contribution in [0.2, 0.25) is 0 Å². The maximum atomic E-state index is 11.2. The first-order valence-corrected chi connectivity index (χ1v) is 3.97. The third-order valence-electron chi connectivity index (χ3n) is 2.06. The summed E-state index contributed by atoms with van der Waals surface area (Å²) >= 11 is 0. The van der Waals surface area contributed by atoms with Crippen molar-refractivity contribution in [2.24, 2.45) is 0 Å². The van der Waals surface area contributed by atoms with Gasteiger partial charge in [-0.2, -0.15) is 0 Å². The third-order valence-corrected chi connectivity index (χ3v) is 2.06. The molecule has 0 N–H and O–H groups in total. The molecule has 3 heteroatoms. The van der Waals surface area contributed by atoms with E-state index in [-0.39, 0.29) is 5.91 Å². The Morgan fingerprint density at radius 2 is 2.31 bits per heavy atom. The minimum absolute atomic E-state index is 0.136. The molecular weight excluding hydrogens is 166 g/mol. The zero-order valence-electron chi connectivity index (χ0n) is 7.15. The van der Waals surface area contributed by atoms with Crippen molar-refractivity contribution in [1.29, 1.82) is 0 Å². The average molecular weight is 174 g/mol. The highest BCUT2D eigenvalue weighted by molar-refractivity contribution is 6.14. The fourth-order valence-electron chi connectivity index (χ4n) is 1.55. The molecular formula is C10H8NO2+. The van der Waals surface area contributed by atoms with Crippen LogP contribution in [-0.4, -0.2) is 22.5 Å². The highest BCUT2D eigenvalue weighted by Gasteiger charge is 2.33. The van der Waals surface area contributed by atoms with Crippen LogP contribution in [0.1, 0.15) is 6.92 Å². The van der Waals surface area contributed by atoms with Crippen LogP contribution in [0.15, 0.2) is 35.6 Å². The number of amides is 1. The maximum absolute atomic E-state index is 11.2. The number of hydrogen-bond donors (Lipinski definition) is 0. The van der Waals surface area contributed by atoms with E-state index in [1.165, 1.54) is 11.5 Å². The van der Waals surface area contributed by atoms with Gasteiger partial charge in [0.15, 0.2) is 0 Å². The number of aldehydes is 1. The van der Waals surface area contributed by atoms with Gasteiger partial charge in [0.2, 0.25) is 12.0 Å². The molecule has 13 heavy (non-hydrogen) atoms. The molecule has 0 saturated carbocycles. The lowest BCUT2D eigenvalue weighted by atomic mass is 10.2. The van der Waals surface area contributed by atoms with Crippen LogP contribution in [-0.2, 0) is 9.59 Å². The number of carbonyl (C=O) groups is 2. The quantitative estimate of drug-likeness (QED) is 0.430. The highest BCUT2D eigenvalue weighted by Crippen LogP contribution is 2.19. The zero-order valence-corrected chi connectivity index (χ0v) is 7.15. The Balaban J connectivity index is 2.61. The van der Waals surface area contributed by atoms with Crippen molar-refractivity contribution >= 4 is 17.9 Å². The Kier molecular flexibility index (Phi) is 1.59. The summed E-state index contributed by atoms with van der Waals surface area (Å²) in [5, 5.41) is 0. The molecule has 0 radical (unpaired) electrons. The van der Waals surface area contributed by atoms with E-state index in [0.717, 1.165) is 11.3 Å². The average Bonchev–Trinajstić information content (AvgIpc) is 2.59. The summed E-state index contributed by atoms with van der Waals surface area (Å²) in [6, 6.07) is 0. The third kappa shape index (κ3) is 1.01. The Hall–Kier alpha value is -1.77. The standard InChI is InChI=1S/C10H8NO2/c1-7(13)11-9(6-12)5-8-3-2-4-10(8)11/h2-6H,1H3/q+1. The molecule has 0 aromatic heterocycles. The fourth-order valence-corrected chi connectivity index (χ4v) is 1.55. The van der Waals surface area contributed by atoms with E-state index in [2.05, 4.69) is 0 Å². The van der Waals surface area contributed by atoms with Gasteiger partial charge in [-0.1, -0.05) is 6.08 Å². The predicted molar refractivity (Wildman–Crippen MR) is 47.3 cm³/mol. The van der Waals surface area contributed by atoms with Gasteiger partial charge >= 0.3 is 5.91 Å². The van der Waals surface area contributed by atoms with E-state index in [1.807, 2.05) is 18.2 Å². The summed E-state index contributed by atoms with van der Waals surface area (Å²) in [5.41, 5.74) is 2.14. The van der Waals surface area contributed by atoms with E-state index in [9.17, 15) is 9.59 Å². The molecule has 1 aliphatic carbocycles. The van der Waals surface area contributed by atoms with Gasteiger partial charge in [0.25, 0.3) is 5.70 Å². The van der Waals surface area contributed by atoms with Crippen molar-refractivity contribution in [3.8, 4) is 0 Å². The largest absolute Gasteiger partial charge is 0.390 e. The van der Waals surface area contributed by atoms with Crippen molar-refractivity contribution in [1.82, 2.24) is 0 Å². The maximum Gasteiger partial charge on any atom is 0.390 e. The van der Waals surface area contributed by atoms with Gasteiger partial charge in [-0.3, -0.25) is 4.79 Å². The van der Waals surface area contributed by atoms with E-state index < -0.39 is 0 Å². The summed E-state index contributed by atoms with van der Waals surface area (Å²) in [4.78, 5) is 21.8. The second-order valence-corrected chi connectivity index (χ2v) is 2.91. The summed E-state index contributed by atoms with van der Waals surface area (Å²) in [6.45, 7) is 1.44. The highest BCUT2D eigenvalue weighted by atomic mass is 16.2. The molecule has 2 aliphatic rings. The van der Waals surface area contributed by atoms with E-state index in [4.69, 9.17) is 0 Å². The van der Waals surface area contributed by atoms with Crippen LogP contribution < -0.4 is 0 Å². The molecule has 0 atom stereocenters. The fraction of sp³-hybridized carbons (Fsp3) is 0.100. The summed E-state index contributed by atoms with van der Waals surface area (Å²) in [7, 11) is 0. The molecule has 0 aromatic rings. The van der Waals surface area contributed by atoms with Crippen molar-refractivity contribution in [2.75, 3.05) is 0 Å². The topological polar surface area (TPSA) is 37.1 Å². The molecule has 0 unspecified atom stereocenters. The number of nitrogens with zero attached hydrogens (tertiary/aromatic N) is 1. The Morgan fingerprint density at radius 3 is 2.92 bits per heavy atom. The number of carbonyl (C=O) groups excluding carboxylic acids is 2.